The largest absolute Gasteiger partial charge is 0.324 e. The third-order valence-electron chi connectivity index (χ3n) is 6.01. The molecule has 2 aromatic rings. The Morgan fingerprint density at radius 2 is 1.84 bits per heavy atom. The highest BCUT2D eigenvalue weighted by Gasteiger charge is 2.26. The van der Waals surface area contributed by atoms with Crippen LogP contribution >= 0.6 is 0 Å². The van der Waals surface area contributed by atoms with Crippen molar-refractivity contribution in [3.63, 3.8) is 0 Å². The first kappa shape index (κ1) is 16.8. The van der Waals surface area contributed by atoms with Gasteiger partial charge >= 0.3 is 0 Å². The van der Waals surface area contributed by atoms with Crippen LogP contribution in [0.2, 0.25) is 0 Å². The molecule has 2 aromatic heterocycles. The Morgan fingerprint density at radius 3 is 2.64 bits per heavy atom. The minimum atomic E-state index is 0.544. The van der Waals surface area contributed by atoms with E-state index in [0.29, 0.717) is 6.04 Å². The predicted octanol–water partition coefficient (Wildman–Crippen LogP) is 4.47. The molecule has 0 radical (unpaired) electrons. The van der Waals surface area contributed by atoms with Crippen LogP contribution < -0.4 is 0 Å². The van der Waals surface area contributed by atoms with Crippen molar-refractivity contribution < 1.29 is 0 Å². The van der Waals surface area contributed by atoms with Crippen LogP contribution in [-0.4, -0.2) is 39.1 Å². The zero-order chi connectivity index (χ0) is 17.1. The van der Waals surface area contributed by atoms with E-state index in [9.17, 15) is 0 Å². The van der Waals surface area contributed by atoms with Gasteiger partial charge in [-0.25, -0.2) is 4.98 Å². The van der Waals surface area contributed by atoms with Gasteiger partial charge in [-0.05, 0) is 57.2 Å². The number of likely N-dealkylation sites (tertiary alicyclic amines) is 1. The fraction of sp³-hybridized carbons (Fsp3) is 0.619. The Labute approximate surface area is 151 Å². The van der Waals surface area contributed by atoms with Gasteiger partial charge in [0.25, 0.3) is 0 Å². The molecule has 4 rings (SSSR count). The van der Waals surface area contributed by atoms with Crippen molar-refractivity contribution in [2.75, 3.05) is 19.6 Å². The number of pyridine rings is 1. The van der Waals surface area contributed by atoms with E-state index < -0.39 is 0 Å². The first-order chi connectivity index (χ1) is 12.3. The smallest absolute Gasteiger partial charge is 0.140 e. The van der Waals surface area contributed by atoms with Crippen LogP contribution in [0.4, 0.5) is 0 Å². The molecule has 3 heterocycles. The molecular weight excluding hydrogens is 308 g/mol. The molecule has 2 aliphatic rings. The van der Waals surface area contributed by atoms with E-state index in [1.54, 1.807) is 0 Å². The standard InChI is InChI=1S/C21H30N4/c1-17-14-23-21(19-9-11-22-12-10-19)25(17)20-8-5-13-24(16-20)15-18-6-3-2-4-7-18/h9-12,14,18,20H,2-8,13,15-16H2,1H3. The Balaban J connectivity index is 1.50. The number of aromatic nitrogens is 3. The van der Waals surface area contributed by atoms with Crippen LogP contribution in [0.15, 0.2) is 30.7 Å². The van der Waals surface area contributed by atoms with Gasteiger partial charge in [0.2, 0.25) is 0 Å². The van der Waals surface area contributed by atoms with Crippen molar-refractivity contribution in [2.24, 2.45) is 5.92 Å². The van der Waals surface area contributed by atoms with Gasteiger partial charge in [0.05, 0.1) is 0 Å². The van der Waals surface area contributed by atoms with Crippen molar-refractivity contribution in [1.82, 2.24) is 19.4 Å². The van der Waals surface area contributed by atoms with Gasteiger partial charge in [0, 0.05) is 49.0 Å². The Hall–Kier alpha value is -1.68. The minimum absolute atomic E-state index is 0.544. The van der Waals surface area contributed by atoms with Gasteiger partial charge in [-0.1, -0.05) is 19.3 Å². The maximum Gasteiger partial charge on any atom is 0.140 e. The number of rotatable bonds is 4. The lowest BCUT2D eigenvalue weighted by Gasteiger charge is -2.37. The molecular formula is C21H30N4. The molecule has 4 nitrogen and oxygen atoms in total. The van der Waals surface area contributed by atoms with Crippen LogP contribution in [0.5, 0.6) is 0 Å². The molecule has 1 unspecified atom stereocenters. The second kappa shape index (κ2) is 7.69. The second-order valence-corrected chi connectivity index (χ2v) is 7.89. The van der Waals surface area contributed by atoms with Crippen molar-refractivity contribution >= 4 is 0 Å². The van der Waals surface area contributed by atoms with Crippen molar-refractivity contribution in [3.05, 3.63) is 36.4 Å². The molecule has 0 spiro atoms. The van der Waals surface area contributed by atoms with Crippen LogP contribution in [0.25, 0.3) is 11.4 Å². The van der Waals surface area contributed by atoms with Gasteiger partial charge in [-0.3, -0.25) is 4.98 Å². The summed E-state index contributed by atoms with van der Waals surface area (Å²) in [7, 11) is 0. The van der Waals surface area contributed by atoms with Crippen LogP contribution in [0.3, 0.4) is 0 Å². The highest BCUT2D eigenvalue weighted by atomic mass is 15.2. The van der Waals surface area contributed by atoms with Gasteiger partial charge < -0.3 is 9.47 Å². The van der Waals surface area contributed by atoms with Gasteiger partial charge in [0.1, 0.15) is 5.82 Å². The zero-order valence-corrected chi connectivity index (χ0v) is 15.4. The summed E-state index contributed by atoms with van der Waals surface area (Å²) in [4.78, 5) is 11.6. The average molecular weight is 338 g/mol. The lowest BCUT2D eigenvalue weighted by atomic mass is 9.88. The van der Waals surface area contributed by atoms with Crippen LogP contribution in [0, 0.1) is 12.8 Å². The maximum atomic E-state index is 4.72. The monoisotopic (exact) mass is 338 g/mol. The summed E-state index contributed by atoms with van der Waals surface area (Å²) >= 11 is 0. The van der Waals surface area contributed by atoms with Crippen LogP contribution in [0.1, 0.15) is 56.7 Å². The second-order valence-electron chi connectivity index (χ2n) is 7.89. The Bertz CT molecular complexity index is 672. The number of piperidine rings is 1. The molecule has 1 aliphatic heterocycles. The molecule has 0 amide bonds. The molecule has 1 atom stereocenters. The zero-order valence-electron chi connectivity index (χ0n) is 15.4. The molecule has 0 aromatic carbocycles. The molecule has 25 heavy (non-hydrogen) atoms. The van der Waals surface area contributed by atoms with E-state index in [0.717, 1.165) is 11.7 Å². The number of imidazole rings is 1. The SMILES string of the molecule is Cc1cnc(-c2ccncc2)n1C1CCCN(CC2CCCCC2)C1. The van der Waals surface area contributed by atoms with Gasteiger partial charge in [-0.15, -0.1) is 0 Å². The van der Waals surface area contributed by atoms with E-state index >= 15 is 0 Å². The molecule has 2 fully saturated rings. The summed E-state index contributed by atoms with van der Waals surface area (Å²) < 4.78 is 2.47. The van der Waals surface area contributed by atoms with E-state index in [4.69, 9.17) is 4.98 Å². The summed E-state index contributed by atoms with van der Waals surface area (Å²) in [5.41, 5.74) is 2.45. The summed E-state index contributed by atoms with van der Waals surface area (Å²) in [6, 6.07) is 4.69. The molecule has 1 saturated carbocycles. The summed E-state index contributed by atoms with van der Waals surface area (Å²) in [5, 5.41) is 0. The normalized spacial score (nSPS) is 23.0. The summed E-state index contributed by atoms with van der Waals surface area (Å²) in [6.07, 6.45) is 15.5. The minimum Gasteiger partial charge on any atom is -0.324 e. The third-order valence-corrected chi connectivity index (χ3v) is 6.01. The number of hydrogen-bond acceptors (Lipinski definition) is 3. The molecule has 0 bridgehead atoms. The lowest BCUT2D eigenvalue weighted by molar-refractivity contribution is 0.140. The maximum absolute atomic E-state index is 4.72. The molecule has 134 valence electrons. The van der Waals surface area contributed by atoms with Crippen LogP contribution in [-0.2, 0) is 0 Å². The molecule has 1 saturated heterocycles. The summed E-state index contributed by atoms with van der Waals surface area (Å²) in [5.74, 6) is 2.03. The van der Waals surface area contributed by atoms with Crippen molar-refractivity contribution in [1.29, 1.82) is 0 Å². The first-order valence-corrected chi connectivity index (χ1v) is 9.98. The first-order valence-electron chi connectivity index (χ1n) is 9.98. The quantitative estimate of drug-likeness (QED) is 0.825. The average Bonchev–Trinajstić information content (AvgIpc) is 3.05. The van der Waals surface area contributed by atoms with Crippen molar-refractivity contribution in [2.45, 2.75) is 57.9 Å². The fourth-order valence-corrected chi connectivity index (χ4v) is 4.76. The van der Waals surface area contributed by atoms with Gasteiger partial charge in [0.15, 0.2) is 0 Å². The third kappa shape index (κ3) is 3.79. The number of nitrogens with zero attached hydrogens (tertiary/aromatic N) is 4. The van der Waals surface area contributed by atoms with E-state index in [1.807, 2.05) is 18.6 Å². The molecule has 1 aliphatic carbocycles. The highest BCUT2D eigenvalue weighted by molar-refractivity contribution is 5.55. The van der Waals surface area contributed by atoms with Crippen molar-refractivity contribution in [3.8, 4) is 11.4 Å². The topological polar surface area (TPSA) is 34.0 Å². The molecule has 0 N–H and O–H groups in total. The highest BCUT2D eigenvalue weighted by Crippen LogP contribution is 2.31. The molecule has 4 heteroatoms. The Kier molecular flexibility index (Phi) is 5.16. The predicted molar refractivity (Wildman–Crippen MR) is 101 cm³/mol. The number of aryl methyl sites for hydroxylation is 1. The lowest BCUT2D eigenvalue weighted by Crippen LogP contribution is -2.40. The summed E-state index contributed by atoms with van der Waals surface area (Å²) in [6.45, 7) is 5.93. The van der Waals surface area contributed by atoms with E-state index in [-0.39, 0.29) is 0 Å². The van der Waals surface area contributed by atoms with Gasteiger partial charge in [-0.2, -0.15) is 0 Å². The fourth-order valence-electron chi connectivity index (χ4n) is 4.76. The van der Waals surface area contributed by atoms with E-state index in [1.165, 1.54) is 75.8 Å². The van der Waals surface area contributed by atoms with E-state index in [2.05, 4.69) is 33.5 Å². The Morgan fingerprint density at radius 1 is 1.04 bits per heavy atom. The number of hydrogen-bond donors (Lipinski definition) is 0.